The molecule has 0 aliphatic carbocycles. The van der Waals surface area contributed by atoms with E-state index in [2.05, 4.69) is 11.9 Å². The molecule has 0 aliphatic heterocycles. The van der Waals surface area contributed by atoms with Gasteiger partial charge in [0.1, 0.15) is 17.3 Å². The highest BCUT2D eigenvalue weighted by Gasteiger charge is 2.16. The summed E-state index contributed by atoms with van der Waals surface area (Å²) in [6.07, 6.45) is 2.93. The summed E-state index contributed by atoms with van der Waals surface area (Å²) in [6.45, 7) is 2.46. The fraction of sp³-hybridized carbons (Fsp3) is 0.316. The summed E-state index contributed by atoms with van der Waals surface area (Å²) in [5.74, 6) is 1.17. The molecule has 0 unspecified atom stereocenters. The molecule has 3 aromatic rings. The number of hydrogen-bond donors (Lipinski definition) is 0. The minimum absolute atomic E-state index is 0.0959. The summed E-state index contributed by atoms with van der Waals surface area (Å²) in [7, 11) is -3.67. The Morgan fingerprint density at radius 2 is 1.76 bits per heavy atom. The van der Waals surface area contributed by atoms with Crippen molar-refractivity contribution in [1.29, 1.82) is 0 Å². The van der Waals surface area contributed by atoms with Gasteiger partial charge in [-0.05, 0) is 30.7 Å². The maximum absolute atomic E-state index is 12.3. The third kappa shape index (κ3) is 4.39. The smallest absolute Gasteiger partial charge is 0.310 e. The Morgan fingerprint density at radius 1 is 1.04 bits per heavy atom. The Hall–Kier alpha value is -2.34. The lowest BCUT2D eigenvalue weighted by atomic mass is 10.2. The van der Waals surface area contributed by atoms with Gasteiger partial charge in [-0.3, -0.25) is 0 Å². The van der Waals surface area contributed by atoms with Gasteiger partial charge in [0, 0.05) is 13.0 Å². The molecule has 0 atom stereocenters. The number of unbranched alkanes of at least 4 members (excludes halogenated alkanes) is 1. The second-order valence-electron chi connectivity index (χ2n) is 5.93. The van der Waals surface area contributed by atoms with Crippen molar-refractivity contribution in [1.82, 2.24) is 9.55 Å². The van der Waals surface area contributed by atoms with E-state index in [0.29, 0.717) is 12.3 Å². The zero-order chi connectivity index (χ0) is 17.7. The topological polar surface area (TPSA) is 61.2 Å². The van der Waals surface area contributed by atoms with Crippen LogP contribution in [0.1, 0.15) is 25.6 Å². The molecule has 0 radical (unpaired) electrons. The highest BCUT2D eigenvalue weighted by Crippen LogP contribution is 2.18. The normalized spacial score (nSPS) is 11.7. The average molecular weight is 358 g/mol. The minimum atomic E-state index is -3.67. The van der Waals surface area contributed by atoms with E-state index in [4.69, 9.17) is 4.18 Å². The zero-order valence-electron chi connectivity index (χ0n) is 14.3. The molecule has 0 saturated heterocycles. The van der Waals surface area contributed by atoms with E-state index in [0.717, 1.165) is 36.1 Å². The predicted molar refractivity (Wildman–Crippen MR) is 99.2 cm³/mol. The van der Waals surface area contributed by atoms with Crippen molar-refractivity contribution in [2.24, 2.45) is 0 Å². The lowest BCUT2D eigenvalue weighted by Gasteiger charge is -2.10. The van der Waals surface area contributed by atoms with Crippen LogP contribution in [0.25, 0.3) is 11.0 Å². The summed E-state index contributed by atoms with van der Waals surface area (Å²) in [5, 5.41) is 0. The highest BCUT2D eigenvalue weighted by atomic mass is 32.2. The Balaban J connectivity index is 1.79. The molecule has 132 valence electrons. The van der Waals surface area contributed by atoms with Gasteiger partial charge in [0.2, 0.25) is 0 Å². The summed E-state index contributed by atoms with van der Waals surface area (Å²) >= 11 is 0. The van der Waals surface area contributed by atoms with Gasteiger partial charge in [-0.2, -0.15) is 8.42 Å². The minimum Gasteiger partial charge on any atom is -0.382 e. The SMILES string of the molecule is CCCCc1nc2ccccc2n1CCS(=O)(=O)Oc1ccccc1. The Bertz CT molecular complexity index is 934. The molecule has 3 rings (SSSR count). The monoisotopic (exact) mass is 358 g/mol. The molecule has 6 heteroatoms. The number of fused-ring (bicyclic) bond motifs is 1. The first-order chi connectivity index (χ1) is 12.1. The Kier molecular flexibility index (Phi) is 5.38. The quantitative estimate of drug-likeness (QED) is 0.575. The van der Waals surface area contributed by atoms with Crippen LogP contribution in [-0.2, 0) is 23.1 Å². The van der Waals surface area contributed by atoms with Gasteiger partial charge in [-0.15, -0.1) is 0 Å². The van der Waals surface area contributed by atoms with Crippen LogP contribution in [0.4, 0.5) is 0 Å². The Labute approximate surface area is 148 Å². The first-order valence-electron chi connectivity index (χ1n) is 8.50. The molecule has 0 fully saturated rings. The highest BCUT2D eigenvalue weighted by molar-refractivity contribution is 7.87. The van der Waals surface area contributed by atoms with Crippen molar-refractivity contribution in [2.75, 3.05) is 5.75 Å². The number of aromatic nitrogens is 2. The van der Waals surface area contributed by atoms with Crippen molar-refractivity contribution in [3.8, 4) is 5.75 Å². The van der Waals surface area contributed by atoms with Crippen LogP contribution in [-0.4, -0.2) is 23.7 Å². The summed E-state index contributed by atoms with van der Waals surface area (Å²) in [4.78, 5) is 4.66. The maximum atomic E-state index is 12.3. The second kappa shape index (κ2) is 7.70. The summed E-state index contributed by atoms with van der Waals surface area (Å²) in [6, 6.07) is 16.4. The van der Waals surface area contributed by atoms with E-state index in [-0.39, 0.29) is 5.75 Å². The molecule has 0 bridgehead atoms. The first-order valence-corrected chi connectivity index (χ1v) is 10.1. The van der Waals surface area contributed by atoms with Gasteiger partial charge in [-0.1, -0.05) is 43.7 Å². The van der Waals surface area contributed by atoms with E-state index in [1.165, 1.54) is 0 Å². The molecule has 25 heavy (non-hydrogen) atoms. The molecule has 1 aromatic heterocycles. The molecular weight excluding hydrogens is 336 g/mol. The molecular formula is C19H22N2O3S. The average Bonchev–Trinajstić information content (AvgIpc) is 2.96. The van der Waals surface area contributed by atoms with Crippen molar-refractivity contribution in [3.05, 3.63) is 60.4 Å². The summed E-state index contributed by atoms with van der Waals surface area (Å²) in [5.41, 5.74) is 1.86. The van der Waals surface area contributed by atoms with Crippen LogP contribution in [0.5, 0.6) is 5.75 Å². The lowest BCUT2D eigenvalue weighted by molar-refractivity contribution is 0.481. The van der Waals surface area contributed by atoms with Crippen LogP contribution in [0.3, 0.4) is 0 Å². The third-order valence-corrected chi connectivity index (χ3v) is 5.15. The lowest BCUT2D eigenvalue weighted by Crippen LogP contribution is -2.19. The predicted octanol–water partition coefficient (Wildman–Crippen LogP) is 3.79. The number of aryl methyl sites for hydroxylation is 2. The number of nitrogens with zero attached hydrogens (tertiary/aromatic N) is 2. The van der Waals surface area contributed by atoms with Crippen molar-refractivity contribution < 1.29 is 12.6 Å². The number of para-hydroxylation sites is 3. The molecule has 1 heterocycles. The van der Waals surface area contributed by atoms with Crippen LogP contribution in [0, 0.1) is 0 Å². The largest absolute Gasteiger partial charge is 0.382 e. The molecule has 0 amide bonds. The molecule has 5 nitrogen and oxygen atoms in total. The van der Waals surface area contributed by atoms with Crippen LogP contribution >= 0.6 is 0 Å². The van der Waals surface area contributed by atoms with Gasteiger partial charge >= 0.3 is 10.1 Å². The third-order valence-electron chi connectivity index (χ3n) is 4.02. The van der Waals surface area contributed by atoms with E-state index < -0.39 is 10.1 Å². The molecule has 2 aromatic carbocycles. The van der Waals surface area contributed by atoms with Crippen LogP contribution in [0.15, 0.2) is 54.6 Å². The van der Waals surface area contributed by atoms with E-state index in [9.17, 15) is 8.42 Å². The zero-order valence-corrected chi connectivity index (χ0v) is 15.1. The number of benzene rings is 2. The fourth-order valence-electron chi connectivity index (χ4n) is 2.77. The number of imidazole rings is 1. The van der Waals surface area contributed by atoms with Gasteiger partial charge < -0.3 is 8.75 Å². The van der Waals surface area contributed by atoms with Crippen molar-refractivity contribution in [2.45, 2.75) is 32.7 Å². The molecule has 0 spiro atoms. The van der Waals surface area contributed by atoms with E-state index in [1.54, 1.807) is 24.3 Å². The van der Waals surface area contributed by atoms with Gasteiger partial charge in [-0.25, -0.2) is 4.98 Å². The van der Waals surface area contributed by atoms with Gasteiger partial charge in [0.15, 0.2) is 0 Å². The molecule has 0 aliphatic rings. The van der Waals surface area contributed by atoms with E-state index in [1.807, 2.05) is 34.9 Å². The molecule has 0 saturated carbocycles. The number of rotatable bonds is 8. The van der Waals surface area contributed by atoms with Crippen LogP contribution < -0.4 is 4.18 Å². The van der Waals surface area contributed by atoms with Crippen molar-refractivity contribution in [3.63, 3.8) is 0 Å². The van der Waals surface area contributed by atoms with Gasteiger partial charge in [0.25, 0.3) is 0 Å². The maximum Gasteiger partial charge on any atom is 0.310 e. The molecule has 0 N–H and O–H groups in total. The summed E-state index contributed by atoms with van der Waals surface area (Å²) < 4.78 is 31.8. The second-order valence-corrected chi connectivity index (χ2v) is 7.62. The van der Waals surface area contributed by atoms with Gasteiger partial charge in [0.05, 0.1) is 11.0 Å². The number of hydrogen-bond acceptors (Lipinski definition) is 4. The fourth-order valence-corrected chi connectivity index (χ4v) is 3.66. The van der Waals surface area contributed by atoms with Crippen molar-refractivity contribution >= 4 is 21.2 Å². The first kappa shape index (κ1) is 17.5. The van der Waals surface area contributed by atoms with E-state index >= 15 is 0 Å². The van der Waals surface area contributed by atoms with Crippen LogP contribution in [0.2, 0.25) is 0 Å². The standard InChI is InChI=1S/C19H22N2O3S/c1-2-3-13-19-20-17-11-7-8-12-18(17)21(19)14-15-25(22,23)24-16-9-5-4-6-10-16/h4-12H,2-3,13-15H2,1H3. The Morgan fingerprint density at radius 3 is 2.52 bits per heavy atom.